The number of hydrogen-bond acceptors (Lipinski definition) is 7. The van der Waals surface area contributed by atoms with Gasteiger partial charge in [-0.15, -0.1) is 0 Å². The highest BCUT2D eigenvalue weighted by atomic mass is 79.9. The fourth-order valence-electron chi connectivity index (χ4n) is 1.60. The normalized spacial score (nSPS) is 33.1. The maximum Gasteiger partial charge on any atom is 0.304 e. The molecule has 0 amide bonds. The van der Waals surface area contributed by atoms with E-state index in [1.54, 1.807) is 0 Å². The van der Waals surface area contributed by atoms with Crippen molar-refractivity contribution in [1.82, 2.24) is 0 Å². The molecule has 1 aliphatic rings. The smallest absolute Gasteiger partial charge is 0.304 e. The lowest BCUT2D eigenvalue weighted by Crippen LogP contribution is -2.59. The van der Waals surface area contributed by atoms with Gasteiger partial charge in [-0.1, -0.05) is 11.6 Å². The van der Waals surface area contributed by atoms with Gasteiger partial charge in [0.2, 0.25) is 4.51 Å². The molecule has 0 saturated carbocycles. The average Bonchev–Trinajstić information content (AvgIpc) is 2.27. The molecule has 4 atom stereocenters. The third-order valence-corrected chi connectivity index (χ3v) is 3.35. The molecule has 1 fully saturated rings. The number of carbonyl (C=O) groups excluding carboxylic acids is 3. The third kappa shape index (κ3) is 4.32. The van der Waals surface area contributed by atoms with Crippen molar-refractivity contribution in [3.8, 4) is 0 Å². The second-order valence-electron chi connectivity index (χ2n) is 4.00. The van der Waals surface area contributed by atoms with Crippen molar-refractivity contribution in [1.29, 1.82) is 0 Å². The molecule has 1 aliphatic heterocycles. The van der Waals surface area contributed by atoms with Crippen molar-refractivity contribution >= 4 is 45.4 Å². The first-order valence-electron chi connectivity index (χ1n) is 5.52. The molecule has 0 aromatic carbocycles. The molecule has 20 heavy (non-hydrogen) atoms. The van der Waals surface area contributed by atoms with Crippen LogP contribution in [0.15, 0.2) is 0 Å². The van der Waals surface area contributed by atoms with Crippen LogP contribution in [0.25, 0.3) is 0 Å². The fourth-order valence-corrected chi connectivity index (χ4v) is 2.52. The van der Waals surface area contributed by atoms with Crippen LogP contribution >= 0.6 is 27.5 Å². The Kier molecular flexibility index (Phi) is 5.79. The summed E-state index contributed by atoms with van der Waals surface area (Å²) in [5, 5.41) is 0. The molecular weight excluding hydrogens is 359 g/mol. The van der Waals surface area contributed by atoms with Gasteiger partial charge < -0.3 is 18.9 Å². The number of halogens is 2. The molecule has 7 nitrogen and oxygen atoms in total. The summed E-state index contributed by atoms with van der Waals surface area (Å²) < 4.78 is 18.5. The van der Waals surface area contributed by atoms with Crippen LogP contribution in [-0.2, 0) is 33.3 Å². The minimum absolute atomic E-state index is 0.652. The Morgan fingerprint density at radius 2 is 1.70 bits per heavy atom. The van der Waals surface area contributed by atoms with Crippen LogP contribution in [-0.4, -0.2) is 40.2 Å². The van der Waals surface area contributed by atoms with Crippen molar-refractivity contribution in [2.45, 2.75) is 43.1 Å². The van der Waals surface area contributed by atoms with Crippen LogP contribution in [0.4, 0.5) is 0 Å². The van der Waals surface area contributed by atoms with Gasteiger partial charge in [0.25, 0.3) is 0 Å². The molecule has 1 unspecified atom stereocenters. The summed E-state index contributed by atoms with van der Waals surface area (Å²) in [5.74, 6) is -1.98. The van der Waals surface area contributed by atoms with Gasteiger partial charge in [0, 0.05) is 20.8 Å². The molecule has 0 aromatic rings. The van der Waals surface area contributed by atoms with Crippen LogP contribution < -0.4 is 0 Å². The first-order valence-corrected chi connectivity index (χ1v) is 6.75. The molecule has 0 spiro atoms. The van der Waals surface area contributed by atoms with Gasteiger partial charge in [0.1, 0.15) is 6.61 Å². The highest BCUT2D eigenvalue weighted by molar-refractivity contribution is 9.10. The minimum Gasteiger partial charge on any atom is -0.454 e. The Morgan fingerprint density at radius 1 is 1.15 bits per heavy atom. The van der Waals surface area contributed by atoms with Crippen LogP contribution in [0.2, 0.25) is 0 Å². The van der Waals surface area contributed by atoms with Crippen molar-refractivity contribution in [3.05, 3.63) is 6.61 Å². The van der Waals surface area contributed by atoms with E-state index >= 15 is 0 Å². The molecule has 1 rings (SSSR count). The second kappa shape index (κ2) is 6.73. The zero-order valence-corrected chi connectivity index (χ0v) is 13.3. The lowest BCUT2D eigenvalue weighted by atomic mass is 10.1. The summed E-state index contributed by atoms with van der Waals surface area (Å²) in [6.45, 7) is 4.55. The lowest BCUT2D eigenvalue weighted by molar-refractivity contribution is -0.208. The van der Waals surface area contributed by atoms with Crippen LogP contribution in [0.5, 0.6) is 0 Å². The SMILES string of the molecule is CC(=O)O[C@@H]1C(Cl)O[CH][C@](Br)(OC(C)=O)[C@@H]1OC(C)=O. The largest absolute Gasteiger partial charge is 0.454 e. The number of ether oxygens (including phenoxy) is 4. The van der Waals surface area contributed by atoms with E-state index in [1.165, 1.54) is 0 Å². The predicted molar refractivity (Wildman–Crippen MR) is 69.6 cm³/mol. The molecule has 1 radical (unpaired) electrons. The van der Waals surface area contributed by atoms with E-state index in [0.29, 0.717) is 0 Å². The maximum absolute atomic E-state index is 11.2. The first-order chi connectivity index (χ1) is 9.15. The van der Waals surface area contributed by atoms with E-state index in [0.717, 1.165) is 27.4 Å². The number of hydrogen-bond donors (Lipinski definition) is 0. The Labute approximate surface area is 128 Å². The van der Waals surface area contributed by atoms with Crippen LogP contribution in [0.1, 0.15) is 20.8 Å². The zero-order chi connectivity index (χ0) is 15.5. The van der Waals surface area contributed by atoms with Crippen LogP contribution in [0.3, 0.4) is 0 Å². The number of carbonyl (C=O) groups is 3. The van der Waals surface area contributed by atoms with E-state index in [9.17, 15) is 14.4 Å². The van der Waals surface area contributed by atoms with Gasteiger partial charge >= 0.3 is 17.9 Å². The number of rotatable bonds is 3. The van der Waals surface area contributed by atoms with Gasteiger partial charge in [-0.25, -0.2) is 0 Å². The predicted octanol–water partition coefficient (Wildman–Crippen LogP) is 1.26. The fraction of sp³-hybridized carbons (Fsp3) is 0.636. The molecule has 1 heterocycles. The maximum atomic E-state index is 11.2. The topological polar surface area (TPSA) is 88.1 Å². The van der Waals surface area contributed by atoms with Gasteiger partial charge in [-0.2, -0.15) is 0 Å². The van der Waals surface area contributed by atoms with Gasteiger partial charge in [0.05, 0.1) is 0 Å². The zero-order valence-electron chi connectivity index (χ0n) is 10.9. The van der Waals surface area contributed by atoms with E-state index in [-0.39, 0.29) is 0 Å². The standard InChI is InChI=1S/C11H13BrClO7/c1-5(14)18-8-9(19-6(2)15)11(12,20-7(3)16)4-17-10(8)13/h4,8-10H,1-3H3/t8-,9+,10?,11-/m0/s1. The summed E-state index contributed by atoms with van der Waals surface area (Å²) in [4.78, 5) is 33.5. The summed E-state index contributed by atoms with van der Waals surface area (Å²) in [6.07, 6.45) is -2.34. The van der Waals surface area contributed by atoms with E-state index in [4.69, 9.17) is 30.5 Å². The molecule has 113 valence electrons. The van der Waals surface area contributed by atoms with Crippen LogP contribution in [0, 0.1) is 6.61 Å². The Balaban J connectivity index is 3.07. The molecule has 1 saturated heterocycles. The van der Waals surface area contributed by atoms with Gasteiger partial charge in [-0.05, 0) is 15.9 Å². The van der Waals surface area contributed by atoms with Gasteiger partial charge in [0.15, 0.2) is 17.8 Å². The van der Waals surface area contributed by atoms with Crippen molar-refractivity contribution in [2.75, 3.05) is 0 Å². The minimum atomic E-state index is -1.60. The van der Waals surface area contributed by atoms with E-state index < -0.39 is 40.2 Å². The van der Waals surface area contributed by atoms with E-state index in [1.807, 2.05) is 0 Å². The third-order valence-electron chi connectivity index (χ3n) is 2.20. The molecule has 0 bridgehead atoms. The summed E-state index contributed by atoms with van der Waals surface area (Å²) >= 11 is 8.98. The molecule has 0 aromatic heterocycles. The summed E-state index contributed by atoms with van der Waals surface area (Å²) in [6, 6.07) is 0. The Hall–Kier alpha value is -0.860. The number of alkyl halides is 2. The van der Waals surface area contributed by atoms with E-state index in [2.05, 4.69) is 15.9 Å². The van der Waals surface area contributed by atoms with Crippen molar-refractivity contribution in [3.63, 3.8) is 0 Å². The average molecular weight is 373 g/mol. The lowest BCUT2D eigenvalue weighted by Gasteiger charge is -2.42. The monoisotopic (exact) mass is 371 g/mol. The molecular formula is C11H13BrClO7. The molecule has 0 N–H and O–H groups in total. The molecule has 0 aliphatic carbocycles. The highest BCUT2D eigenvalue weighted by Gasteiger charge is 2.56. The van der Waals surface area contributed by atoms with Crippen molar-refractivity contribution < 1.29 is 33.3 Å². The quantitative estimate of drug-likeness (QED) is 0.418. The van der Waals surface area contributed by atoms with Gasteiger partial charge in [-0.3, -0.25) is 14.4 Å². The summed E-state index contributed by atoms with van der Waals surface area (Å²) in [7, 11) is 0. The number of esters is 3. The summed E-state index contributed by atoms with van der Waals surface area (Å²) in [5.41, 5.74) is -1.09. The van der Waals surface area contributed by atoms with Crippen molar-refractivity contribution in [2.24, 2.45) is 0 Å². The first kappa shape index (κ1) is 17.2. The molecule has 9 heteroatoms. The second-order valence-corrected chi connectivity index (χ2v) is 5.67. The Morgan fingerprint density at radius 3 is 2.15 bits per heavy atom. The highest BCUT2D eigenvalue weighted by Crippen LogP contribution is 2.40. The Bertz CT molecular complexity index is 416.